The normalized spacial score (nSPS) is 17.0. The topological polar surface area (TPSA) is 80.5 Å². The van der Waals surface area contributed by atoms with Crippen LogP contribution in [0.4, 0.5) is 0 Å². The Kier molecular flexibility index (Phi) is 4.17. The van der Waals surface area contributed by atoms with Crippen molar-refractivity contribution in [1.29, 1.82) is 0 Å². The number of nitrogens with zero attached hydrogens (tertiary/aromatic N) is 4. The molecule has 1 aliphatic rings. The molecule has 0 aliphatic carbocycles. The molecule has 1 atom stereocenters. The molecule has 7 heteroatoms. The van der Waals surface area contributed by atoms with Crippen LogP contribution in [0, 0.1) is 0 Å². The molecule has 1 amide bonds. The fraction of sp³-hybridized carbons (Fsp3) is 0.471. The summed E-state index contributed by atoms with van der Waals surface area (Å²) in [4.78, 5) is 14.5. The van der Waals surface area contributed by atoms with E-state index in [2.05, 4.69) is 28.6 Å². The first-order chi connectivity index (χ1) is 11.4. The van der Waals surface area contributed by atoms with Crippen LogP contribution in [-0.4, -0.2) is 44.3 Å². The molecule has 0 saturated heterocycles. The maximum Gasteiger partial charge on any atom is 0.258 e. The highest BCUT2D eigenvalue weighted by molar-refractivity contribution is 5.97. The van der Waals surface area contributed by atoms with Crippen molar-refractivity contribution in [2.75, 3.05) is 13.7 Å². The van der Waals surface area contributed by atoms with Gasteiger partial charge in [-0.1, -0.05) is 13.8 Å². The molecule has 2 aromatic rings. The monoisotopic (exact) mass is 330 g/mol. The number of methoxy groups -OCH3 is 1. The summed E-state index contributed by atoms with van der Waals surface area (Å²) in [6, 6.07) is 4.73. The smallest absolute Gasteiger partial charge is 0.258 e. The number of phenols is 1. The van der Waals surface area contributed by atoms with Crippen molar-refractivity contribution in [2.45, 2.75) is 39.3 Å². The lowest BCUT2D eigenvalue weighted by atomic mass is 10.1. The Morgan fingerprint density at radius 3 is 2.79 bits per heavy atom. The van der Waals surface area contributed by atoms with Crippen LogP contribution in [0.25, 0.3) is 0 Å². The van der Waals surface area contributed by atoms with Gasteiger partial charge < -0.3 is 19.3 Å². The number of fused-ring (bicyclic) bond motifs is 1. The zero-order chi connectivity index (χ0) is 17.4. The lowest BCUT2D eigenvalue weighted by Crippen LogP contribution is -2.40. The van der Waals surface area contributed by atoms with Crippen molar-refractivity contribution in [3.8, 4) is 11.5 Å². The number of rotatable bonds is 3. The summed E-state index contributed by atoms with van der Waals surface area (Å²) in [6.07, 6.45) is 0. The molecule has 3 rings (SSSR count). The molecule has 1 aromatic heterocycles. The molecular weight excluding hydrogens is 308 g/mol. The lowest BCUT2D eigenvalue weighted by Gasteiger charge is -2.33. The van der Waals surface area contributed by atoms with E-state index in [1.54, 1.807) is 17.0 Å². The van der Waals surface area contributed by atoms with Crippen LogP contribution < -0.4 is 4.74 Å². The molecule has 0 spiro atoms. The van der Waals surface area contributed by atoms with Gasteiger partial charge in [-0.25, -0.2) is 0 Å². The summed E-state index contributed by atoms with van der Waals surface area (Å²) < 4.78 is 7.26. The molecule has 1 aromatic carbocycles. The number of aromatic nitrogens is 3. The van der Waals surface area contributed by atoms with E-state index in [0.29, 0.717) is 18.8 Å². The van der Waals surface area contributed by atoms with Crippen molar-refractivity contribution in [3.63, 3.8) is 0 Å². The molecule has 1 N–H and O–H groups in total. The van der Waals surface area contributed by atoms with Gasteiger partial charge in [-0.3, -0.25) is 4.79 Å². The number of benzene rings is 1. The Balaban J connectivity index is 1.90. The summed E-state index contributed by atoms with van der Waals surface area (Å²) in [5.41, 5.74) is 0.235. The zero-order valence-electron chi connectivity index (χ0n) is 14.4. The first-order valence-electron chi connectivity index (χ1n) is 8.02. The molecule has 0 saturated carbocycles. The van der Waals surface area contributed by atoms with Crippen LogP contribution in [0.15, 0.2) is 18.2 Å². The van der Waals surface area contributed by atoms with E-state index in [4.69, 9.17) is 4.74 Å². The second kappa shape index (κ2) is 6.14. The maximum atomic E-state index is 12.8. The van der Waals surface area contributed by atoms with Crippen LogP contribution in [-0.2, 0) is 6.54 Å². The van der Waals surface area contributed by atoms with E-state index in [0.717, 1.165) is 11.6 Å². The van der Waals surface area contributed by atoms with E-state index in [9.17, 15) is 9.90 Å². The highest BCUT2D eigenvalue weighted by Crippen LogP contribution is 2.29. The minimum atomic E-state index is -0.237. The number of hydrogen-bond donors (Lipinski definition) is 1. The van der Waals surface area contributed by atoms with Crippen LogP contribution in [0.5, 0.6) is 11.5 Å². The van der Waals surface area contributed by atoms with Gasteiger partial charge in [0.25, 0.3) is 5.91 Å². The average molecular weight is 330 g/mol. The fourth-order valence-corrected chi connectivity index (χ4v) is 3.09. The molecular formula is C17H22N4O3. The van der Waals surface area contributed by atoms with Gasteiger partial charge in [0.15, 0.2) is 5.82 Å². The number of hydrogen-bond acceptors (Lipinski definition) is 5. The van der Waals surface area contributed by atoms with Crippen molar-refractivity contribution in [3.05, 3.63) is 35.4 Å². The van der Waals surface area contributed by atoms with E-state index >= 15 is 0 Å². The van der Waals surface area contributed by atoms with Gasteiger partial charge in [0.2, 0.25) is 0 Å². The first-order valence-corrected chi connectivity index (χ1v) is 8.02. The van der Waals surface area contributed by atoms with Crippen LogP contribution in [0.1, 0.15) is 54.7 Å². The number of carbonyl (C=O) groups excluding carboxylic acids is 1. The van der Waals surface area contributed by atoms with E-state index in [-0.39, 0.29) is 29.2 Å². The Hall–Kier alpha value is -2.57. The van der Waals surface area contributed by atoms with Gasteiger partial charge in [-0.2, -0.15) is 0 Å². The standard InChI is InChI=1S/C17H22N4O3/c1-10(2)16-19-18-15-9-20(8-11(3)21(15)16)17(23)13-7-12(24-4)5-6-14(13)22/h5-7,10-11,22H,8-9H2,1-4H3/t11-/m0/s1. The Morgan fingerprint density at radius 1 is 1.38 bits per heavy atom. The van der Waals surface area contributed by atoms with Crippen molar-refractivity contribution in [1.82, 2.24) is 19.7 Å². The minimum Gasteiger partial charge on any atom is -0.507 e. The second-order valence-corrected chi connectivity index (χ2v) is 6.42. The van der Waals surface area contributed by atoms with Crippen molar-refractivity contribution < 1.29 is 14.6 Å². The number of amides is 1. The Labute approximate surface area is 140 Å². The summed E-state index contributed by atoms with van der Waals surface area (Å²) >= 11 is 0. The summed E-state index contributed by atoms with van der Waals surface area (Å²) in [5, 5.41) is 18.5. The minimum absolute atomic E-state index is 0.0524. The van der Waals surface area contributed by atoms with Gasteiger partial charge in [0.05, 0.1) is 25.3 Å². The van der Waals surface area contributed by atoms with E-state index in [1.807, 2.05) is 6.92 Å². The highest BCUT2D eigenvalue weighted by Gasteiger charge is 2.31. The largest absolute Gasteiger partial charge is 0.507 e. The fourth-order valence-electron chi connectivity index (χ4n) is 3.09. The van der Waals surface area contributed by atoms with Gasteiger partial charge in [-0.05, 0) is 25.1 Å². The van der Waals surface area contributed by atoms with Crippen LogP contribution in [0.3, 0.4) is 0 Å². The number of aromatic hydroxyl groups is 1. The van der Waals surface area contributed by atoms with Crippen LogP contribution >= 0.6 is 0 Å². The molecule has 1 aliphatic heterocycles. The SMILES string of the molecule is COc1ccc(O)c(C(=O)N2Cc3nnc(C(C)C)n3[C@@H](C)C2)c1. The van der Waals surface area contributed by atoms with Crippen LogP contribution in [0.2, 0.25) is 0 Å². The third kappa shape index (κ3) is 2.70. The van der Waals surface area contributed by atoms with E-state index < -0.39 is 0 Å². The van der Waals surface area contributed by atoms with Crippen molar-refractivity contribution >= 4 is 5.91 Å². The Morgan fingerprint density at radius 2 is 2.12 bits per heavy atom. The molecule has 0 fully saturated rings. The molecule has 128 valence electrons. The van der Waals surface area contributed by atoms with E-state index in [1.165, 1.54) is 13.2 Å². The molecule has 0 unspecified atom stereocenters. The predicted molar refractivity (Wildman–Crippen MR) is 88.2 cm³/mol. The van der Waals surface area contributed by atoms with Gasteiger partial charge in [-0.15, -0.1) is 10.2 Å². The summed E-state index contributed by atoms with van der Waals surface area (Å²) in [6.45, 7) is 7.12. The third-order valence-electron chi connectivity index (χ3n) is 4.29. The highest BCUT2D eigenvalue weighted by atomic mass is 16.5. The summed E-state index contributed by atoms with van der Waals surface area (Å²) in [5.74, 6) is 2.23. The molecule has 7 nitrogen and oxygen atoms in total. The van der Waals surface area contributed by atoms with Crippen molar-refractivity contribution in [2.24, 2.45) is 0 Å². The molecule has 24 heavy (non-hydrogen) atoms. The second-order valence-electron chi connectivity index (χ2n) is 6.42. The molecule has 0 radical (unpaired) electrons. The van der Waals surface area contributed by atoms with Gasteiger partial charge in [0, 0.05) is 12.5 Å². The lowest BCUT2D eigenvalue weighted by molar-refractivity contribution is 0.0676. The quantitative estimate of drug-likeness (QED) is 0.934. The predicted octanol–water partition coefficient (Wildman–Crippen LogP) is 2.33. The van der Waals surface area contributed by atoms with Gasteiger partial charge >= 0.3 is 0 Å². The average Bonchev–Trinajstić information content (AvgIpc) is 2.99. The summed E-state index contributed by atoms with van der Waals surface area (Å²) in [7, 11) is 1.53. The number of phenolic OH excluding ortho intramolecular Hbond substituents is 1. The number of ether oxygens (including phenoxy) is 1. The third-order valence-corrected chi connectivity index (χ3v) is 4.29. The Bertz CT molecular complexity index is 769. The number of carbonyl (C=O) groups is 1. The zero-order valence-corrected chi connectivity index (χ0v) is 14.4. The molecule has 2 heterocycles. The van der Waals surface area contributed by atoms with Gasteiger partial charge in [0.1, 0.15) is 17.3 Å². The first kappa shape index (κ1) is 16.3. The molecule has 0 bridgehead atoms. The maximum absolute atomic E-state index is 12.8.